The molecule has 1 atom stereocenters. The number of allylic oxidation sites excluding steroid dienone is 1. The van der Waals surface area contributed by atoms with Crippen molar-refractivity contribution in [3.63, 3.8) is 0 Å². The predicted octanol–water partition coefficient (Wildman–Crippen LogP) is 1.43. The van der Waals surface area contributed by atoms with Gasteiger partial charge < -0.3 is 4.90 Å². The Balaban J connectivity index is 2.54. The van der Waals surface area contributed by atoms with E-state index in [1.54, 1.807) is 6.08 Å². The Kier molecular flexibility index (Phi) is 3.93. The number of hydrogen-bond acceptors (Lipinski definition) is 3. The molecule has 0 amide bonds. The van der Waals surface area contributed by atoms with Crippen molar-refractivity contribution in [2.75, 3.05) is 13.1 Å². The highest BCUT2D eigenvalue weighted by Crippen LogP contribution is 2.14. The first kappa shape index (κ1) is 12.3. The van der Waals surface area contributed by atoms with Crippen LogP contribution in [0.4, 0.5) is 0 Å². The predicted molar refractivity (Wildman–Crippen MR) is 60.1 cm³/mol. The first-order chi connectivity index (χ1) is 6.91. The second-order valence-electron chi connectivity index (χ2n) is 3.76. The van der Waals surface area contributed by atoms with Gasteiger partial charge in [-0.15, -0.1) is 0 Å². The Morgan fingerprint density at radius 2 is 2.00 bits per heavy atom. The SMILES string of the molecule is C=C(C=CC(C)S(=O)(=O)O)N1CCCC1. The third kappa shape index (κ3) is 3.68. The lowest BCUT2D eigenvalue weighted by Crippen LogP contribution is -2.17. The summed E-state index contributed by atoms with van der Waals surface area (Å²) in [5.74, 6) is 0. The lowest BCUT2D eigenvalue weighted by Gasteiger charge is -2.17. The molecule has 1 heterocycles. The number of likely N-dealkylation sites (tertiary alicyclic amines) is 1. The molecular formula is C10H17NO3S. The largest absolute Gasteiger partial charge is 0.372 e. The van der Waals surface area contributed by atoms with E-state index in [0.29, 0.717) is 0 Å². The van der Waals surface area contributed by atoms with Crippen molar-refractivity contribution in [2.45, 2.75) is 25.0 Å². The fourth-order valence-corrected chi connectivity index (χ4v) is 1.73. The first-order valence-corrected chi connectivity index (χ1v) is 6.50. The van der Waals surface area contributed by atoms with Crippen molar-refractivity contribution < 1.29 is 13.0 Å². The lowest BCUT2D eigenvalue weighted by atomic mass is 10.3. The Labute approximate surface area is 91.0 Å². The van der Waals surface area contributed by atoms with Gasteiger partial charge in [-0.2, -0.15) is 8.42 Å². The molecule has 0 aromatic heterocycles. The molecule has 0 bridgehead atoms. The summed E-state index contributed by atoms with van der Waals surface area (Å²) in [4.78, 5) is 2.10. The molecule has 0 aliphatic carbocycles. The van der Waals surface area contributed by atoms with Gasteiger partial charge >= 0.3 is 0 Å². The molecule has 4 nitrogen and oxygen atoms in total. The zero-order chi connectivity index (χ0) is 11.5. The van der Waals surface area contributed by atoms with Crippen LogP contribution < -0.4 is 0 Å². The minimum Gasteiger partial charge on any atom is -0.372 e. The minimum atomic E-state index is -3.97. The zero-order valence-corrected chi connectivity index (χ0v) is 9.70. The maximum atomic E-state index is 10.7. The van der Waals surface area contributed by atoms with Crippen LogP contribution in [0.15, 0.2) is 24.4 Å². The van der Waals surface area contributed by atoms with Crippen LogP contribution in [0.5, 0.6) is 0 Å². The molecule has 0 spiro atoms. The third-order valence-electron chi connectivity index (χ3n) is 2.54. The van der Waals surface area contributed by atoms with Crippen LogP contribution in [0.25, 0.3) is 0 Å². The Hall–Kier alpha value is -0.810. The lowest BCUT2D eigenvalue weighted by molar-refractivity contribution is 0.442. The van der Waals surface area contributed by atoms with E-state index in [2.05, 4.69) is 11.5 Å². The van der Waals surface area contributed by atoms with E-state index in [-0.39, 0.29) is 0 Å². The Morgan fingerprint density at radius 1 is 1.47 bits per heavy atom. The highest BCUT2D eigenvalue weighted by molar-refractivity contribution is 7.86. The summed E-state index contributed by atoms with van der Waals surface area (Å²) in [6.07, 6.45) is 5.42. The summed E-state index contributed by atoms with van der Waals surface area (Å²) in [5.41, 5.74) is 0.808. The summed E-state index contributed by atoms with van der Waals surface area (Å²) < 4.78 is 30.2. The van der Waals surface area contributed by atoms with Gasteiger partial charge in [-0.05, 0) is 25.8 Å². The Morgan fingerprint density at radius 3 is 2.47 bits per heavy atom. The van der Waals surface area contributed by atoms with E-state index in [4.69, 9.17) is 4.55 Å². The highest BCUT2D eigenvalue weighted by Gasteiger charge is 2.15. The molecule has 15 heavy (non-hydrogen) atoms. The van der Waals surface area contributed by atoms with E-state index in [1.165, 1.54) is 13.0 Å². The summed E-state index contributed by atoms with van der Waals surface area (Å²) in [6, 6.07) is 0. The van der Waals surface area contributed by atoms with Crippen molar-refractivity contribution in [3.8, 4) is 0 Å². The molecule has 5 heteroatoms. The zero-order valence-electron chi connectivity index (χ0n) is 8.89. The van der Waals surface area contributed by atoms with Gasteiger partial charge in [0.25, 0.3) is 10.1 Å². The van der Waals surface area contributed by atoms with E-state index in [0.717, 1.165) is 31.6 Å². The fourth-order valence-electron chi connectivity index (χ4n) is 1.46. The first-order valence-electron chi connectivity index (χ1n) is 4.99. The molecular weight excluding hydrogens is 214 g/mol. The third-order valence-corrected chi connectivity index (χ3v) is 3.64. The monoisotopic (exact) mass is 231 g/mol. The van der Waals surface area contributed by atoms with Crippen LogP contribution in [0.3, 0.4) is 0 Å². The average Bonchev–Trinajstić information content (AvgIpc) is 2.64. The quantitative estimate of drug-likeness (QED) is 0.587. The summed E-state index contributed by atoms with van der Waals surface area (Å²) >= 11 is 0. The van der Waals surface area contributed by atoms with Gasteiger partial charge in [0.2, 0.25) is 0 Å². The van der Waals surface area contributed by atoms with Gasteiger partial charge in [0.15, 0.2) is 0 Å². The molecule has 86 valence electrons. The molecule has 0 aromatic carbocycles. The Bertz CT molecular complexity index is 353. The van der Waals surface area contributed by atoms with Gasteiger partial charge in [0.05, 0.1) is 0 Å². The average molecular weight is 231 g/mol. The maximum absolute atomic E-state index is 10.7. The van der Waals surface area contributed by atoms with Crippen LogP contribution in [0.1, 0.15) is 19.8 Å². The standard InChI is InChI=1S/C10H17NO3S/c1-9(11-7-3-4-8-11)5-6-10(2)15(12,13)14/h5-6,10H,1,3-4,7-8H2,2H3,(H,12,13,14). The second kappa shape index (κ2) is 4.81. The normalized spacial score (nSPS) is 19.7. The van der Waals surface area contributed by atoms with Crippen molar-refractivity contribution in [3.05, 3.63) is 24.4 Å². The molecule has 1 fully saturated rings. The number of nitrogens with zero attached hydrogens (tertiary/aromatic N) is 1. The van der Waals surface area contributed by atoms with Crippen molar-refractivity contribution in [1.29, 1.82) is 0 Å². The van der Waals surface area contributed by atoms with E-state index in [9.17, 15) is 8.42 Å². The minimum absolute atomic E-state index is 0.808. The summed E-state index contributed by atoms with van der Waals surface area (Å²) in [5, 5.41) is -0.878. The second-order valence-corrected chi connectivity index (χ2v) is 5.54. The van der Waals surface area contributed by atoms with Crippen LogP contribution >= 0.6 is 0 Å². The van der Waals surface area contributed by atoms with Gasteiger partial charge in [-0.1, -0.05) is 12.7 Å². The van der Waals surface area contributed by atoms with Gasteiger partial charge in [0.1, 0.15) is 5.25 Å². The molecule has 1 saturated heterocycles. The van der Waals surface area contributed by atoms with Gasteiger partial charge in [0, 0.05) is 18.8 Å². The van der Waals surface area contributed by atoms with Crippen LogP contribution in [-0.2, 0) is 10.1 Å². The molecule has 1 rings (SSSR count). The molecule has 0 aromatic rings. The smallest absolute Gasteiger partial charge is 0.271 e. The van der Waals surface area contributed by atoms with E-state index < -0.39 is 15.4 Å². The number of hydrogen-bond donors (Lipinski definition) is 1. The van der Waals surface area contributed by atoms with Crippen LogP contribution in [0, 0.1) is 0 Å². The summed E-state index contributed by atoms with van der Waals surface area (Å²) in [7, 11) is -3.97. The number of rotatable bonds is 4. The van der Waals surface area contributed by atoms with Crippen molar-refractivity contribution >= 4 is 10.1 Å². The van der Waals surface area contributed by atoms with Crippen molar-refractivity contribution in [1.82, 2.24) is 4.90 Å². The van der Waals surface area contributed by atoms with Gasteiger partial charge in [-0.25, -0.2) is 0 Å². The maximum Gasteiger partial charge on any atom is 0.271 e. The van der Waals surface area contributed by atoms with E-state index in [1.807, 2.05) is 0 Å². The topological polar surface area (TPSA) is 57.6 Å². The fraction of sp³-hybridized carbons (Fsp3) is 0.600. The molecule has 1 aliphatic rings. The van der Waals surface area contributed by atoms with Crippen LogP contribution in [-0.4, -0.2) is 36.2 Å². The van der Waals surface area contributed by atoms with Gasteiger partial charge in [-0.3, -0.25) is 4.55 Å². The molecule has 0 saturated carbocycles. The molecule has 1 N–H and O–H groups in total. The van der Waals surface area contributed by atoms with E-state index >= 15 is 0 Å². The molecule has 0 radical (unpaired) electrons. The van der Waals surface area contributed by atoms with Crippen molar-refractivity contribution in [2.24, 2.45) is 0 Å². The summed E-state index contributed by atoms with van der Waals surface area (Å²) in [6.45, 7) is 7.24. The van der Waals surface area contributed by atoms with Crippen LogP contribution in [0.2, 0.25) is 0 Å². The molecule has 1 unspecified atom stereocenters. The highest BCUT2D eigenvalue weighted by atomic mass is 32.2. The molecule has 1 aliphatic heterocycles.